The summed E-state index contributed by atoms with van der Waals surface area (Å²) in [6.07, 6.45) is 0. The van der Waals surface area contributed by atoms with Gasteiger partial charge in [0.2, 0.25) is 0 Å². The Kier molecular flexibility index (Phi) is 3.69. The van der Waals surface area contributed by atoms with Crippen LogP contribution in [0.4, 0.5) is 4.39 Å². The first-order valence-electron chi connectivity index (χ1n) is 3.85. The highest BCUT2D eigenvalue weighted by Gasteiger charge is 2.08. The number of methoxy groups -OCH3 is 1. The van der Waals surface area contributed by atoms with E-state index in [4.69, 9.17) is 4.74 Å². The van der Waals surface area contributed by atoms with Crippen LogP contribution in [0, 0.1) is 5.82 Å². The molecule has 0 amide bonds. The van der Waals surface area contributed by atoms with Crippen LogP contribution in [0.2, 0.25) is 0 Å². The minimum absolute atomic E-state index is 0.264. The predicted octanol–water partition coefficient (Wildman–Crippen LogP) is 2.32. The minimum atomic E-state index is -0.359. The highest BCUT2D eigenvalue weighted by molar-refractivity contribution is 9.10. The van der Waals surface area contributed by atoms with Crippen molar-refractivity contribution in [2.75, 3.05) is 14.2 Å². The zero-order valence-corrected chi connectivity index (χ0v) is 9.11. The first-order chi connectivity index (χ1) is 6.19. The van der Waals surface area contributed by atoms with Crippen molar-refractivity contribution >= 4 is 15.9 Å². The molecule has 0 bridgehead atoms. The number of hydrogen-bond donors (Lipinski definition) is 1. The van der Waals surface area contributed by atoms with Gasteiger partial charge in [-0.2, -0.15) is 0 Å². The molecule has 72 valence electrons. The lowest BCUT2D eigenvalue weighted by Crippen LogP contribution is -2.05. The second-order valence-corrected chi connectivity index (χ2v) is 3.48. The molecule has 0 unspecified atom stereocenters. The van der Waals surface area contributed by atoms with E-state index in [1.54, 1.807) is 12.1 Å². The molecule has 1 aromatic rings. The van der Waals surface area contributed by atoms with Gasteiger partial charge in [0.1, 0.15) is 0 Å². The van der Waals surface area contributed by atoms with Gasteiger partial charge < -0.3 is 10.1 Å². The molecule has 13 heavy (non-hydrogen) atoms. The van der Waals surface area contributed by atoms with Gasteiger partial charge in [0, 0.05) is 6.54 Å². The van der Waals surface area contributed by atoms with E-state index in [-0.39, 0.29) is 11.6 Å². The van der Waals surface area contributed by atoms with E-state index < -0.39 is 0 Å². The van der Waals surface area contributed by atoms with E-state index in [2.05, 4.69) is 21.2 Å². The Morgan fingerprint density at radius 3 is 2.77 bits per heavy atom. The molecule has 0 saturated heterocycles. The number of hydrogen-bond acceptors (Lipinski definition) is 2. The molecule has 0 saturated carbocycles. The lowest BCUT2D eigenvalue weighted by molar-refractivity contribution is 0.384. The molecule has 0 spiro atoms. The molecule has 0 heterocycles. The van der Waals surface area contributed by atoms with Gasteiger partial charge in [0.25, 0.3) is 0 Å². The van der Waals surface area contributed by atoms with Crippen LogP contribution in [0.3, 0.4) is 0 Å². The molecule has 1 rings (SSSR count). The van der Waals surface area contributed by atoms with E-state index in [0.717, 1.165) is 5.56 Å². The van der Waals surface area contributed by atoms with E-state index in [9.17, 15) is 4.39 Å². The minimum Gasteiger partial charge on any atom is -0.494 e. The van der Waals surface area contributed by atoms with Crippen molar-refractivity contribution in [1.82, 2.24) is 5.32 Å². The molecule has 1 aromatic carbocycles. The summed E-state index contributed by atoms with van der Waals surface area (Å²) in [5.41, 5.74) is 0.979. The van der Waals surface area contributed by atoms with Crippen LogP contribution >= 0.6 is 15.9 Å². The molecular formula is C9H11BrFNO. The third kappa shape index (κ3) is 2.42. The van der Waals surface area contributed by atoms with Crippen LogP contribution in [-0.2, 0) is 6.54 Å². The summed E-state index contributed by atoms with van der Waals surface area (Å²) in [7, 11) is 3.29. The molecule has 4 heteroatoms. The van der Waals surface area contributed by atoms with Gasteiger partial charge in [0.05, 0.1) is 11.6 Å². The molecular weight excluding hydrogens is 237 g/mol. The Balaban J connectivity index is 3.06. The molecule has 0 atom stereocenters. The molecule has 0 radical (unpaired) electrons. The van der Waals surface area contributed by atoms with Gasteiger partial charge in [-0.05, 0) is 40.7 Å². The number of nitrogens with one attached hydrogen (secondary N) is 1. The van der Waals surface area contributed by atoms with Gasteiger partial charge in [-0.3, -0.25) is 0 Å². The van der Waals surface area contributed by atoms with Crippen LogP contribution in [0.25, 0.3) is 0 Å². The van der Waals surface area contributed by atoms with Crippen LogP contribution in [0.5, 0.6) is 5.75 Å². The zero-order chi connectivity index (χ0) is 9.84. The standard InChI is InChI=1S/C9H11BrFNO/c1-12-5-6-3-7(10)9(11)8(4-6)13-2/h3-4,12H,5H2,1-2H3. The highest BCUT2D eigenvalue weighted by atomic mass is 79.9. The Morgan fingerprint density at radius 1 is 1.54 bits per heavy atom. The van der Waals surface area contributed by atoms with Crippen molar-refractivity contribution in [3.8, 4) is 5.75 Å². The maximum atomic E-state index is 13.2. The first kappa shape index (κ1) is 10.5. The van der Waals surface area contributed by atoms with Gasteiger partial charge in [0.15, 0.2) is 11.6 Å². The third-order valence-corrected chi connectivity index (χ3v) is 2.23. The molecule has 0 aliphatic heterocycles. The summed E-state index contributed by atoms with van der Waals surface area (Å²) in [5.74, 6) is -0.0954. The second-order valence-electron chi connectivity index (χ2n) is 2.62. The van der Waals surface area contributed by atoms with Crippen molar-refractivity contribution in [3.05, 3.63) is 28.0 Å². The lowest BCUT2D eigenvalue weighted by atomic mass is 10.2. The topological polar surface area (TPSA) is 21.3 Å². The maximum Gasteiger partial charge on any atom is 0.179 e. The number of halogens is 2. The van der Waals surface area contributed by atoms with Crippen molar-refractivity contribution in [3.63, 3.8) is 0 Å². The maximum absolute atomic E-state index is 13.2. The fourth-order valence-corrected chi connectivity index (χ4v) is 1.56. The van der Waals surface area contributed by atoms with Crippen LogP contribution in [0.15, 0.2) is 16.6 Å². The summed E-state index contributed by atoms with van der Waals surface area (Å²) in [4.78, 5) is 0. The molecule has 0 aliphatic carbocycles. The van der Waals surface area contributed by atoms with Crippen molar-refractivity contribution in [2.24, 2.45) is 0 Å². The molecule has 0 aromatic heterocycles. The van der Waals surface area contributed by atoms with Crippen molar-refractivity contribution in [2.45, 2.75) is 6.54 Å². The lowest BCUT2D eigenvalue weighted by Gasteiger charge is -2.07. The Labute approximate surface area is 85.2 Å². The Morgan fingerprint density at radius 2 is 2.23 bits per heavy atom. The van der Waals surface area contributed by atoms with E-state index in [1.165, 1.54) is 7.11 Å². The third-order valence-electron chi connectivity index (χ3n) is 1.66. The van der Waals surface area contributed by atoms with Crippen LogP contribution in [-0.4, -0.2) is 14.2 Å². The first-order valence-corrected chi connectivity index (χ1v) is 4.65. The fourth-order valence-electron chi connectivity index (χ4n) is 1.07. The molecule has 0 fully saturated rings. The monoisotopic (exact) mass is 247 g/mol. The van der Waals surface area contributed by atoms with Crippen LogP contribution < -0.4 is 10.1 Å². The largest absolute Gasteiger partial charge is 0.494 e. The highest BCUT2D eigenvalue weighted by Crippen LogP contribution is 2.26. The van der Waals surface area contributed by atoms with Gasteiger partial charge in [-0.15, -0.1) is 0 Å². The summed E-state index contributed by atoms with van der Waals surface area (Å²) in [5, 5.41) is 2.98. The summed E-state index contributed by atoms with van der Waals surface area (Å²) >= 11 is 3.12. The fraction of sp³-hybridized carbons (Fsp3) is 0.333. The van der Waals surface area contributed by atoms with Crippen molar-refractivity contribution < 1.29 is 9.13 Å². The van der Waals surface area contributed by atoms with Gasteiger partial charge in [-0.1, -0.05) is 0 Å². The zero-order valence-electron chi connectivity index (χ0n) is 7.53. The Hall–Kier alpha value is -0.610. The van der Waals surface area contributed by atoms with E-state index in [1.807, 2.05) is 7.05 Å². The summed E-state index contributed by atoms with van der Waals surface area (Å²) in [6.45, 7) is 0.690. The van der Waals surface area contributed by atoms with E-state index in [0.29, 0.717) is 11.0 Å². The second kappa shape index (κ2) is 4.58. The molecule has 0 aliphatic rings. The Bertz CT molecular complexity index is 304. The SMILES string of the molecule is CNCc1cc(Br)c(F)c(OC)c1. The smallest absolute Gasteiger partial charge is 0.179 e. The summed E-state index contributed by atoms with van der Waals surface area (Å²) < 4.78 is 18.5. The molecule has 2 nitrogen and oxygen atoms in total. The quantitative estimate of drug-likeness (QED) is 0.886. The normalized spacial score (nSPS) is 10.2. The number of rotatable bonds is 3. The number of benzene rings is 1. The average molecular weight is 248 g/mol. The number of ether oxygens (including phenoxy) is 1. The summed E-state index contributed by atoms with van der Waals surface area (Å²) in [6, 6.07) is 3.41. The average Bonchev–Trinajstić information content (AvgIpc) is 2.11. The molecule has 1 N–H and O–H groups in total. The van der Waals surface area contributed by atoms with Gasteiger partial charge >= 0.3 is 0 Å². The van der Waals surface area contributed by atoms with Crippen LogP contribution in [0.1, 0.15) is 5.56 Å². The van der Waals surface area contributed by atoms with Crippen molar-refractivity contribution in [1.29, 1.82) is 0 Å². The predicted molar refractivity (Wildman–Crippen MR) is 53.4 cm³/mol. The van der Waals surface area contributed by atoms with Gasteiger partial charge in [-0.25, -0.2) is 4.39 Å². The van der Waals surface area contributed by atoms with E-state index >= 15 is 0 Å².